The van der Waals surface area contributed by atoms with Crippen molar-refractivity contribution >= 4 is 5.97 Å². The number of carboxylic acids is 1. The summed E-state index contributed by atoms with van der Waals surface area (Å²) in [5.74, 6) is -0.884. The van der Waals surface area contributed by atoms with Gasteiger partial charge in [-0.3, -0.25) is 0 Å². The van der Waals surface area contributed by atoms with E-state index in [1.165, 1.54) is 18.2 Å². The van der Waals surface area contributed by atoms with Gasteiger partial charge in [0.25, 0.3) is 0 Å². The normalized spacial score (nSPS) is 15.9. The van der Waals surface area contributed by atoms with Crippen LogP contribution in [-0.2, 0) is 11.3 Å². The first-order chi connectivity index (χ1) is 9.60. The van der Waals surface area contributed by atoms with Crippen LogP contribution in [-0.4, -0.2) is 23.2 Å². The lowest BCUT2D eigenvalue weighted by Gasteiger charge is -2.17. The number of rotatable bonds is 8. The Morgan fingerprint density at radius 3 is 2.90 bits per heavy atom. The number of carbonyl (C=O) groups is 1. The largest absolute Gasteiger partial charge is 0.479 e. The minimum absolute atomic E-state index is 0.340. The number of nitrogens with one attached hydrogen (secondary N) is 1. The highest BCUT2D eigenvalue weighted by molar-refractivity contribution is 5.72. The molecule has 0 heterocycles. The first-order valence-corrected chi connectivity index (χ1v) is 7.01. The van der Waals surface area contributed by atoms with E-state index in [-0.39, 0.29) is 5.82 Å². The van der Waals surface area contributed by atoms with Gasteiger partial charge in [-0.25, -0.2) is 9.18 Å². The number of hydrogen-bond donors (Lipinski definition) is 2. The number of carboxylic acid groups (broad SMARTS) is 1. The van der Waals surface area contributed by atoms with Gasteiger partial charge in [0.1, 0.15) is 11.6 Å². The van der Waals surface area contributed by atoms with Crippen molar-refractivity contribution in [2.24, 2.45) is 0 Å². The summed E-state index contributed by atoms with van der Waals surface area (Å²) in [5, 5.41) is 12.4. The second-order valence-electron chi connectivity index (χ2n) is 5.14. The van der Waals surface area contributed by atoms with Gasteiger partial charge in [0.05, 0.1) is 0 Å². The lowest BCUT2D eigenvalue weighted by molar-refractivity contribution is -0.145. The maximum atomic E-state index is 13.3. The van der Waals surface area contributed by atoms with Crippen molar-refractivity contribution in [3.63, 3.8) is 0 Å². The van der Waals surface area contributed by atoms with Crippen LogP contribution in [0.3, 0.4) is 0 Å². The van der Waals surface area contributed by atoms with Crippen molar-refractivity contribution in [3.8, 4) is 5.75 Å². The van der Waals surface area contributed by atoms with Gasteiger partial charge in [-0.1, -0.05) is 13.3 Å². The van der Waals surface area contributed by atoms with Gasteiger partial charge in [0.15, 0.2) is 6.10 Å². The van der Waals surface area contributed by atoms with Gasteiger partial charge >= 0.3 is 5.97 Å². The standard InChI is InChI=1S/C15H20FNO3/c1-2-3-14(15(18)19)20-13-7-4-11(16)8-10(13)9-17-12-5-6-12/h4,7-8,12,14,17H,2-3,5-6,9H2,1H3,(H,18,19). The molecule has 2 N–H and O–H groups in total. The molecule has 110 valence electrons. The Morgan fingerprint density at radius 2 is 2.30 bits per heavy atom. The minimum Gasteiger partial charge on any atom is -0.479 e. The van der Waals surface area contributed by atoms with Crippen molar-refractivity contribution in [1.29, 1.82) is 0 Å². The lowest BCUT2D eigenvalue weighted by atomic mass is 10.1. The van der Waals surface area contributed by atoms with E-state index in [1.807, 2.05) is 6.92 Å². The highest BCUT2D eigenvalue weighted by Crippen LogP contribution is 2.25. The zero-order valence-electron chi connectivity index (χ0n) is 11.6. The van der Waals surface area contributed by atoms with Crippen LogP contribution in [0, 0.1) is 5.82 Å². The van der Waals surface area contributed by atoms with Gasteiger partial charge in [-0.2, -0.15) is 0 Å². The molecule has 1 saturated carbocycles. The van der Waals surface area contributed by atoms with Crippen molar-refractivity contribution in [2.45, 2.75) is 51.3 Å². The summed E-state index contributed by atoms with van der Waals surface area (Å²) in [4.78, 5) is 11.1. The summed E-state index contributed by atoms with van der Waals surface area (Å²) in [6, 6.07) is 4.69. The van der Waals surface area contributed by atoms with Crippen LogP contribution in [0.4, 0.5) is 4.39 Å². The molecule has 0 bridgehead atoms. The molecule has 0 saturated heterocycles. The highest BCUT2D eigenvalue weighted by atomic mass is 19.1. The van der Waals surface area contributed by atoms with E-state index < -0.39 is 12.1 Å². The summed E-state index contributed by atoms with van der Waals surface area (Å²) in [6.07, 6.45) is 2.54. The molecule has 2 rings (SSSR count). The van der Waals surface area contributed by atoms with Gasteiger partial charge in [0, 0.05) is 18.2 Å². The third kappa shape index (κ3) is 4.20. The average molecular weight is 281 g/mol. The summed E-state index contributed by atoms with van der Waals surface area (Å²) in [7, 11) is 0. The summed E-state index contributed by atoms with van der Waals surface area (Å²) in [5.41, 5.74) is 0.666. The molecule has 0 amide bonds. The second-order valence-corrected chi connectivity index (χ2v) is 5.14. The maximum absolute atomic E-state index is 13.3. The van der Waals surface area contributed by atoms with E-state index in [4.69, 9.17) is 9.84 Å². The van der Waals surface area contributed by atoms with Crippen LogP contribution in [0.2, 0.25) is 0 Å². The molecule has 1 aliphatic carbocycles. The van der Waals surface area contributed by atoms with Crippen molar-refractivity contribution in [3.05, 3.63) is 29.6 Å². The summed E-state index contributed by atoms with van der Waals surface area (Å²) in [6.45, 7) is 2.40. The van der Waals surface area contributed by atoms with E-state index in [1.54, 1.807) is 0 Å². The number of benzene rings is 1. The Hall–Kier alpha value is -1.62. The third-order valence-electron chi connectivity index (χ3n) is 3.28. The third-order valence-corrected chi connectivity index (χ3v) is 3.28. The lowest BCUT2D eigenvalue weighted by Crippen LogP contribution is -2.27. The van der Waals surface area contributed by atoms with Crippen molar-refractivity contribution in [1.82, 2.24) is 5.32 Å². The molecular weight excluding hydrogens is 261 g/mol. The topological polar surface area (TPSA) is 58.6 Å². The van der Waals surface area contributed by atoms with Crippen LogP contribution in [0.25, 0.3) is 0 Å². The van der Waals surface area contributed by atoms with E-state index in [9.17, 15) is 9.18 Å². The first-order valence-electron chi connectivity index (χ1n) is 7.01. The molecule has 1 atom stereocenters. The van der Waals surface area contributed by atoms with Crippen molar-refractivity contribution in [2.75, 3.05) is 0 Å². The predicted octanol–water partition coefficient (Wildman–Crippen LogP) is 2.71. The second kappa shape index (κ2) is 6.70. The molecule has 4 nitrogen and oxygen atoms in total. The number of halogens is 1. The molecule has 20 heavy (non-hydrogen) atoms. The highest BCUT2D eigenvalue weighted by Gasteiger charge is 2.22. The fourth-order valence-electron chi connectivity index (χ4n) is 1.99. The van der Waals surface area contributed by atoms with E-state index in [2.05, 4.69) is 5.32 Å². The van der Waals surface area contributed by atoms with E-state index in [0.29, 0.717) is 36.7 Å². The van der Waals surface area contributed by atoms with Gasteiger partial charge in [-0.15, -0.1) is 0 Å². The zero-order chi connectivity index (χ0) is 14.5. The zero-order valence-corrected chi connectivity index (χ0v) is 11.6. The molecule has 1 unspecified atom stereocenters. The molecule has 0 aliphatic heterocycles. The molecular formula is C15H20FNO3. The quantitative estimate of drug-likeness (QED) is 0.769. The number of hydrogen-bond acceptors (Lipinski definition) is 3. The van der Waals surface area contributed by atoms with Crippen molar-refractivity contribution < 1.29 is 19.0 Å². The Labute approximate surface area is 117 Å². The van der Waals surface area contributed by atoms with Crippen LogP contribution in [0.15, 0.2) is 18.2 Å². The van der Waals surface area contributed by atoms with Gasteiger partial charge in [0.2, 0.25) is 0 Å². The predicted molar refractivity (Wildman–Crippen MR) is 73.2 cm³/mol. The number of ether oxygens (including phenoxy) is 1. The Balaban J connectivity index is 2.09. The SMILES string of the molecule is CCCC(Oc1ccc(F)cc1CNC1CC1)C(=O)O. The van der Waals surface area contributed by atoms with E-state index in [0.717, 1.165) is 12.8 Å². The molecule has 1 fully saturated rings. The minimum atomic E-state index is -0.989. The Bertz CT molecular complexity index is 474. The Kier molecular flexibility index (Phi) is 4.95. The van der Waals surface area contributed by atoms with Gasteiger partial charge < -0.3 is 15.2 Å². The van der Waals surface area contributed by atoms with Crippen LogP contribution >= 0.6 is 0 Å². The monoisotopic (exact) mass is 281 g/mol. The molecule has 0 radical (unpaired) electrons. The van der Waals surface area contributed by atoms with Crippen LogP contribution in [0.1, 0.15) is 38.2 Å². The maximum Gasteiger partial charge on any atom is 0.344 e. The average Bonchev–Trinajstić information content (AvgIpc) is 3.22. The summed E-state index contributed by atoms with van der Waals surface area (Å²) >= 11 is 0. The van der Waals surface area contributed by atoms with Crippen LogP contribution < -0.4 is 10.1 Å². The molecule has 5 heteroatoms. The molecule has 0 aromatic heterocycles. The first kappa shape index (κ1) is 14.8. The van der Waals surface area contributed by atoms with E-state index >= 15 is 0 Å². The smallest absolute Gasteiger partial charge is 0.344 e. The fourth-order valence-corrected chi connectivity index (χ4v) is 1.99. The number of aliphatic carboxylic acids is 1. The molecule has 1 aromatic carbocycles. The fraction of sp³-hybridized carbons (Fsp3) is 0.533. The molecule has 1 aromatic rings. The molecule has 0 spiro atoms. The Morgan fingerprint density at radius 1 is 1.55 bits per heavy atom. The van der Waals surface area contributed by atoms with Gasteiger partial charge in [-0.05, 0) is 37.5 Å². The van der Waals surface area contributed by atoms with Crippen LogP contribution in [0.5, 0.6) is 5.75 Å². The summed E-state index contributed by atoms with van der Waals surface area (Å²) < 4.78 is 18.9. The molecule has 1 aliphatic rings.